The maximum Gasteiger partial charge on any atom is 0.245 e. The number of hydrogen-bond acceptors (Lipinski definition) is 4. The summed E-state index contributed by atoms with van der Waals surface area (Å²) < 4.78 is 26.0. The molecule has 2 rings (SSSR count). The van der Waals surface area contributed by atoms with Crippen molar-refractivity contribution in [3.8, 4) is 0 Å². The molecule has 1 aliphatic rings. The molecule has 7 heteroatoms. The molecule has 0 saturated heterocycles. The minimum absolute atomic E-state index is 0.0295. The summed E-state index contributed by atoms with van der Waals surface area (Å²) in [6.45, 7) is 0.493. The zero-order valence-electron chi connectivity index (χ0n) is 8.23. The lowest BCUT2D eigenvalue weighted by Gasteiger charge is -2.25. The van der Waals surface area contributed by atoms with Crippen molar-refractivity contribution in [2.45, 2.75) is 24.2 Å². The van der Waals surface area contributed by atoms with Gasteiger partial charge in [-0.1, -0.05) is 6.42 Å². The van der Waals surface area contributed by atoms with Gasteiger partial charge < -0.3 is 5.73 Å². The second kappa shape index (κ2) is 3.82. The predicted octanol–water partition coefficient (Wildman–Crippen LogP) is 0.0703. The summed E-state index contributed by atoms with van der Waals surface area (Å²) >= 11 is 0. The van der Waals surface area contributed by atoms with E-state index in [1.807, 2.05) is 0 Å². The van der Waals surface area contributed by atoms with E-state index in [4.69, 9.17) is 5.73 Å². The predicted molar refractivity (Wildman–Crippen MR) is 55.5 cm³/mol. The van der Waals surface area contributed by atoms with E-state index in [9.17, 15) is 8.42 Å². The third kappa shape index (κ3) is 2.13. The molecule has 0 unspecified atom stereocenters. The van der Waals surface area contributed by atoms with Crippen LogP contribution >= 0.6 is 0 Å². The molecule has 0 bridgehead atoms. The second-order valence-corrected chi connectivity index (χ2v) is 5.53. The van der Waals surface area contributed by atoms with Gasteiger partial charge in [0.15, 0.2) is 0 Å². The van der Waals surface area contributed by atoms with Crippen molar-refractivity contribution < 1.29 is 8.42 Å². The van der Waals surface area contributed by atoms with Crippen molar-refractivity contribution in [1.82, 2.24) is 14.9 Å². The topological polar surface area (TPSA) is 101 Å². The first-order chi connectivity index (χ1) is 7.09. The Labute approximate surface area is 88.3 Å². The number of hydrogen-bond donors (Lipinski definition) is 3. The standard InChI is InChI=1S/C8H14N4O2S/c9-8-7(5-10-12-8)15(13,14)11-4-6-2-1-3-6/h5-6,11H,1-4H2,(H3,9,10,12). The first-order valence-corrected chi connectivity index (χ1v) is 6.36. The van der Waals surface area contributed by atoms with Gasteiger partial charge in [0.25, 0.3) is 0 Å². The van der Waals surface area contributed by atoms with Crippen LogP contribution < -0.4 is 10.5 Å². The Morgan fingerprint density at radius 1 is 1.60 bits per heavy atom. The highest BCUT2D eigenvalue weighted by atomic mass is 32.2. The van der Waals surface area contributed by atoms with Crippen LogP contribution in [-0.2, 0) is 10.0 Å². The number of nitrogens with two attached hydrogens (primary N) is 1. The highest BCUT2D eigenvalue weighted by Gasteiger charge is 2.23. The number of nitrogens with zero attached hydrogens (tertiary/aromatic N) is 1. The van der Waals surface area contributed by atoms with E-state index in [1.54, 1.807) is 0 Å². The molecule has 1 aromatic rings. The van der Waals surface area contributed by atoms with Gasteiger partial charge in [-0.3, -0.25) is 5.10 Å². The molecule has 1 fully saturated rings. The van der Waals surface area contributed by atoms with Crippen molar-refractivity contribution in [2.24, 2.45) is 5.92 Å². The molecule has 0 aliphatic heterocycles. The summed E-state index contributed by atoms with van der Waals surface area (Å²) in [5.74, 6) is 0.559. The fourth-order valence-electron chi connectivity index (χ4n) is 1.50. The average Bonchev–Trinajstić information content (AvgIpc) is 2.48. The zero-order chi connectivity index (χ0) is 10.9. The highest BCUT2D eigenvalue weighted by molar-refractivity contribution is 7.89. The van der Waals surface area contributed by atoms with Crippen LogP contribution in [0.5, 0.6) is 0 Å². The smallest absolute Gasteiger partial charge is 0.245 e. The van der Waals surface area contributed by atoms with Crippen LogP contribution in [0, 0.1) is 5.92 Å². The molecule has 1 saturated carbocycles. The number of nitrogen functional groups attached to an aromatic ring is 1. The SMILES string of the molecule is Nc1[nH]ncc1S(=O)(=O)NCC1CCC1. The summed E-state index contributed by atoms with van der Waals surface area (Å²) in [5.41, 5.74) is 5.44. The summed E-state index contributed by atoms with van der Waals surface area (Å²) in [7, 11) is -3.49. The fourth-order valence-corrected chi connectivity index (χ4v) is 2.64. The Kier molecular flexibility index (Phi) is 2.66. The van der Waals surface area contributed by atoms with Crippen LogP contribution in [0.4, 0.5) is 5.82 Å². The number of H-pyrrole nitrogens is 1. The van der Waals surface area contributed by atoms with E-state index < -0.39 is 10.0 Å². The summed E-state index contributed by atoms with van der Waals surface area (Å²) in [4.78, 5) is 0.0295. The van der Waals surface area contributed by atoms with Gasteiger partial charge in [-0.25, -0.2) is 13.1 Å². The van der Waals surface area contributed by atoms with E-state index in [0.29, 0.717) is 12.5 Å². The van der Waals surface area contributed by atoms with E-state index in [2.05, 4.69) is 14.9 Å². The molecule has 1 aliphatic carbocycles. The quantitative estimate of drug-likeness (QED) is 0.681. The van der Waals surface area contributed by atoms with Crippen molar-refractivity contribution >= 4 is 15.8 Å². The number of rotatable bonds is 4. The van der Waals surface area contributed by atoms with Gasteiger partial charge >= 0.3 is 0 Å². The molecule has 0 aromatic carbocycles. The summed E-state index contributed by atoms with van der Waals surface area (Å²) in [5, 5.41) is 5.98. The third-order valence-corrected chi connectivity index (χ3v) is 4.16. The van der Waals surface area contributed by atoms with Crippen LogP contribution in [0.2, 0.25) is 0 Å². The lowest BCUT2D eigenvalue weighted by molar-refractivity contribution is 0.316. The van der Waals surface area contributed by atoms with Crippen molar-refractivity contribution in [3.63, 3.8) is 0 Å². The van der Waals surface area contributed by atoms with Crippen LogP contribution in [0.25, 0.3) is 0 Å². The lowest BCUT2D eigenvalue weighted by Crippen LogP contribution is -2.32. The van der Waals surface area contributed by atoms with Gasteiger partial charge in [0.05, 0.1) is 6.20 Å². The number of anilines is 1. The van der Waals surface area contributed by atoms with Crippen LogP contribution in [0.3, 0.4) is 0 Å². The number of aromatic nitrogens is 2. The highest BCUT2D eigenvalue weighted by Crippen LogP contribution is 2.26. The van der Waals surface area contributed by atoms with Gasteiger partial charge in [-0.2, -0.15) is 5.10 Å². The minimum Gasteiger partial charge on any atom is -0.383 e. The van der Waals surface area contributed by atoms with E-state index in [1.165, 1.54) is 12.6 Å². The van der Waals surface area contributed by atoms with E-state index in [-0.39, 0.29) is 10.7 Å². The van der Waals surface area contributed by atoms with E-state index >= 15 is 0 Å². The molecule has 6 nitrogen and oxygen atoms in total. The summed E-state index contributed by atoms with van der Waals surface area (Å²) in [6, 6.07) is 0. The maximum atomic E-state index is 11.7. The van der Waals surface area contributed by atoms with Crippen LogP contribution in [0.15, 0.2) is 11.1 Å². The Morgan fingerprint density at radius 3 is 2.80 bits per heavy atom. The van der Waals surface area contributed by atoms with E-state index in [0.717, 1.165) is 12.8 Å². The number of nitrogens with one attached hydrogen (secondary N) is 2. The Balaban J connectivity index is 2.03. The zero-order valence-corrected chi connectivity index (χ0v) is 9.05. The van der Waals surface area contributed by atoms with Gasteiger partial charge in [0, 0.05) is 6.54 Å². The largest absolute Gasteiger partial charge is 0.383 e. The summed E-state index contributed by atoms with van der Waals surface area (Å²) in [6.07, 6.45) is 4.62. The molecule has 1 aromatic heterocycles. The molecule has 84 valence electrons. The number of sulfonamides is 1. The molecule has 0 amide bonds. The molecular weight excluding hydrogens is 216 g/mol. The van der Waals surface area contributed by atoms with Gasteiger partial charge in [0.1, 0.15) is 10.7 Å². The van der Waals surface area contributed by atoms with Crippen LogP contribution in [0.1, 0.15) is 19.3 Å². The fraction of sp³-hybridized carbons (Fsp3) is 0.625. The van der Waals surface area contributed by atoms with Crippen molar-refractivity contribution in [3.05, 3.63) is 6.20 Å². The Morgan fingerprint density at radius 2 is 2.33 bits per heavy atom. The van der Waals surface area contributed by atoms with Crippen LogP contribution in [-0.4, -0.2) is 25.2 Å². The van der Waals surface area contributed by atoms with Gasteiger partial charge in [-0.05, 0) is 18.8 Å². The molecule has 0 atom stereocenters. The molecule has 0 radical (unpaired) electrons. The van der Waals surface area contributed by atoms with Gasteiger partial charge in [-0.15, -0.1) is 0 Å². The van der Waals surface area contributed by atoms with Crippen molar-refractivity contribution in [1.29, 1.82) is 0 Å². The molecular formula is C8H14N4O2S. The molecule has 4 N–H and O–H groups in total. The van der Waals surface area contributed by atoms with Crippen molar-refractivity contribution in [2.75, 3.05) is 12.3 Å². The second-order valence-electron chi connectivity index (χ2n) is 3.80. The molecule has 0 spiro atoms. The first kappa shape index (κ1) is 10.4. The number of aromatic amines is 1. The molecule has 1 heterocycles. The third-order valence-electron chi connectivity index (χ3n) is 2.71. The monoisotopic (exact) mass is 230 g/mol. The Bertz CT molecular complexity index is 435. The maximum absolute atomic E-state index is 11.7. The minimum atomic E-state index is -3.49. The van der Waals surface area contributed by atoms with Gasteiger partial charge in [0.2, 0.25) is 10.0 Å². The lowest BCUT2D eigenvalue weighted by atomic mass is 9.86. The first-order valence-electron chi connectivity index (χ1n) is 4.88. The Hall–Kier alpha value is -1.08. The average molecular weight is 230 g/mol. The normalized spacial score (nSPS) is 17.6. The molecule has 15 heavy (non-hydrogen) atoms.